The molecule has 1 aliphatic heterocycles. The molecule has 0 unspecified atom stereocenters. The van der Waals surface area contributed by atoms with Crippen molar-refractivity contribution < 1.29 is 14.3 Å². The minimum atomic E-state index is -0.247. The van der Waals surface area contributed by atoms with Crippen molar-refractivity contribution in [3.05, 3.63) is 29.1 Å². The van der Waals surface area contributed by atoms with Crippen molar-refractivity contribution in [2.75, 3.05) is 17.8 Å². The lowest BCUT2D eigenvalue weighted by Crippen LogP contribution is -2.15. The van der Waals surface area contributed by atoms with Crippen LogP contribution in [0.2, 0.25) is 0 Å². The molecule has 1 aromatic carbocycles. The number of amides is 1. The van der Waals surface area contributed by atoms with Gasteiger partial charge < -0.3 is 20.5 Å². The van der Waals surface area contributed by atoms with Gasteiger partial charge in [0.2, 0.25) is 6.79 Å². The molecule has 0 saturated carbocycles. The van der Waals surface area contributed by atoms with Gasteiger partial charge in [-0.25, -0.2) is 0 Å². The van der Waals surface area contributed by atoms with Gasteiger partial charge in [-0.15, -0.1) is 0 Å². The predicted molar refractivity (Wildman–Crippen MR) is 77.6 cm³/mol. The minimum Gasteiger partial charge on any atom is -0.454 e. The van der Waals surface area contributed by atoms with Crippen LogP contribution in [0.3, 0.4) is 0 Å². The zero-order valence-electron chi connectivity index (χ0n) is 12.1. The van der Waals surface area contributed by atoms with Gasteiger partial charge in [0.05, 0.1) is 22.6 Å². The number of hydrogen-bond acceptors (Lipinski definition) is 5. The number of nitrogens with two attached hydrogens (primary N) is 1. The van der Waals surface area contributed by atoms with E-state index in [-0.39, 0.29) is 12.7 Å². The molecule has 21 heavy (non-hydrogen) atoms. The molecule has 0 spiro atoms. The van der Waals surface area contributed by atoms with Crippen LogP contribution in [-0.2, 0) is 7.05 Å². The molecule has 0 aliphatic carbocycles. The van der Waals surface area contributed by atoms with Crippen LogP contribution in [0.15, 0.2) is 12.1 Å². The van der Waals surface area contributed by atoms with E-state index in [2.05, 4.69) is 10.4 Å². The van der Waals surface area contributed by atoms with Gasteiger partial charge in [0.15, 0.2) is 11.5 Å². The molecule has 0 saturated heterocycles. The number of anilines is 2. The first-order chi connectivity index (χ1) is 9.97. The highest BCUT2D eigenvalue weighted by Gasteiger charge is 2.21. The lowest BCUT2D eigenvalue weighted by atomic mass is 10.1. The second kappa shape index (κ2) is 4.69. The maximum atomic E-state index is 12.4. The van der Waals surface area contributed by atoms with Gasteiger partial charge in [-0.3, -0.25) is 9.48 Å². The number of nitrogens with one attached hydrogen (secondary N) is 1. The van der Waals surface area contributed by atoms with Crippen LogP contribution in [0.4, 0.5) is 11.4 Å². The summed E-state index contributed by atoms with van der Waals surface area (Å²) in [5.74, 6) is 0.905. The first-order valence-electron chi connectivity index (χ1n) is 6.48. The Hall–Kier alpha value is -2.70. The Labute approximate surface area is 121 Å². The van der Waals surface area contributed by atoms with Crippen LogP contribution >= 0.6 is 0 Å². The van der Waals surface area contributed by atoms with E-state index in [1.54, 1.807) is 30.8 Å². The highest BCUT2D eigenvalue weighted by Crippen LogP contribution is 2.38. The number of carbonyl (C=O) groups is 1. The molecule has 7 nitrogen and oxygen atoms in total. The summed E-state index contributed by atoms with van der Waals surface area (Å²) in [6.45, 7) is 3.80. The standard InChI is InChI=1S/C14H16N4O3/c1-7-13(8(2)18(3)17-7)14(19)16-10-5-12-11(4-9(10)15)20-6-21-12/h4-5H,6,15H2,1-3H3,(H,16,19). The number of aryl methyl sites for hydroxylation is 2. The number of rotatable bonds is 2. The Balaban J connectivity index is 1.92. The lowest BCUT2D eigenvalue weighted by Gasteiger charge is -2.09. The molecule has 1 aliphatic rings. The molecule has 0 fully saturated rings. The first kappa shape index (κ1) is 13.3. The molecule has 2 aromatic rings. The van der Waals surface area contributed by atoms with E-state index in [4.69, 9.17) is 15.2 Å². The number of carbonyl (C=O) groups excluding carboxylic acids is 1. The average molecular weight is 288 g/mol. The van der Waals surface area contributed by atoms with Crippen LogP contribution in [-0.4, -0.2) is 22.5 Å². The van der Waals surface area contributed by atoms with Crippen molar-refractivity contribution in [3.8, 4) is 11.5 Å². The third-order valence-electron chi connectivity index (χ3n) is 3.53. The molecule has 2 heterocycles. The molecule has 3 rings (SSSR count). The van der Waals surface area contributed by atoms with Crippen molar-refractivity contribution in [1.29, 1.82) is 0 Å². The predicted octanol–water partition coefficient (Wildman–Crippen LogP) is 1.60. The first-order valence-corrected chi connectivity index (χ1v) is 6.48. The van der Waals surface area contributed by atoms with Crippen molar-refractivity contribution >= 4 is 17.3 Å². The number of nitrogen functional groups attached to an aromatic ring is 1. The Kier molecular flexibility index (Phi) is 2.97. The third-order valence-corrected chi connectivity index (χ3v) is 3.53. The second-order valence-corrected chi connectivity index (χ2v) is 4.92. The number of hydrogen-bond donors (Lipinski definition) is 2. The van der Waals surface area contributed by atoms with Crippen molar-refractivity contribution in [1.82, 2.24) is 9.78 Å². The summed E-state index contributed by atoms with van der Waals surface area (Å²) in [7, 11) is 1.80. The summed E-state index contributed by atoms with van der Waals surface area (Å²) in [5.41, 5.74) is 8.86. The van der Waals surface area contributed by atoms with Crippen LogP contribution in [0.5, 0.6) is 11.5 Å². The minimum absolute atomic E-state index is 0.160. The molecule has 0 atom stereocenters. The summed E-state index contributed by atoms with van der Waals surface area (Å²) in [6, 6.07) is 3.30. The molecule has 0 radical (unpaired) electrons. The fraction of sp³-hybridized carbons (Fsp3) is 0.286. The summed E-state index contributed by atoms with van der Waals surface area (Å²) in [4.78, 5) is 12.4. The molecular weight excluding hydrogens is 272 g/mol. The second-order valence-electron chi connectivity index (χ2n) is 4.92. The zero-order chi connectivity index (χ0) is 15.1. The quantitative estimate of drug-likeness (QED) is 0.819. The molecule has 3 N–H and O–H groups in total. The SMILES string of the molecule is Cc1nn(C)c(C)c1C(=O)Nc1cc2c(cc1N)OCO2. The molecular formula is C14H16N4O3. The zero-order valence-corrected chi connectivity index (χ0v) is 12.1. The summed E-state index contributed by atoms with van der Waals surface area (Å²) in [5, 5.41) is 7.03. The van der Waals surface area contributed by atoms with Gasteiger partial charge in [0, 0.05) is 24.9 Å². The van der Waals surface area contributed by atoms with Gasteiger partial charge in [0.25, 0.3) is 5.91 Å². The van der Waals surface area contributed by atoms with E-state index in [1.165, 1.54) is 0 Å². The molecule has 110 valence electrons. The number of ether oxygens (including phenoxy) is 2. The van der Waals surface area contributed by atoms with Crippen molar-refractivity contribution in [2.45, 2.75) is 13.8 Å². The molecule has 1 aromatic heterocycles. The normalized spacial score (nSPS) is 12.5. The van der Waals surface area contributed by atoms with Gasteiger partial charge in [-0.2, -0.15) is 5.10 Å². The number of benzene rings is 1. The fourth-order valence-corrected chi connectivity index (χ4v) is 2.35. The largest absolute Gasteiger partial charge is 0.454 e. The Morgan fingerprint density at radius 2 is 2.00 bits per heavy atom. The summed E-state index contributed by atoms with van der Waals surface area (Å²) < 4.78 is 12.2. The van der Waals surface area contributed by atoms with Gasteiger partial charge >= 0.3 is 0 Å². The highest BCUT2D eigenvalue weighted by atomic mass is 16.7. The number of nitrogens with zero attached hydrogens (tertiary/aromatic N) is 2. The van der Waals surface area contributed by atoms with E-state index in [0.717, 1.165) is 5.69 Å². The monoisotopic (exact) mass is 288 g/mol. The Bertz CT molecular complexity index is 736. The van der Waals surface area contributed by atoms with Gasteiger partial charge in [0.1, 0.15) is 0 Å². The Morgan fingerprint density at radius 1 is 1.33 bits per heavy atom. The molecule has 0 bridgehead atoms. The number of aromatic nitrogens is 2. The van der Waals surface area contributed by atoms with E-state index < -0.39 is 0 Å². The lowest BCUT2D eigenvalue weighted by molar-refractivity contribution is 0.102. The van der Waals surface area contributed by atoms with E-state index in [1.807, 2.05) is 6.92 Å². The Morgan fingerprint density at radius 3 is 2.62 bits per heavy atom. The number of fused-ring (bicyclic) bond motifs is 1. The van der Waals surface area contributed by atoms with Crippen LogP contribution in [0, 0.1) is 13.8 Å². The van der Waals surface area contributed by atoms with Gasteiger partial charge in [-0.1, -0.05) is 0 Å². The van der Waals surface area contributed by atoms with Gasteiger partial charge in [-0.05, 0) is 13.8 Å². The van der Waals surface area contributed by atoms with Crippen LogP contribution < -0.4 is 20.5 Å². The van der Waals surface area contributed by atoms with Crippen molar-refractivity contribution in [2.24, 2.45) is 7.05 Å². The molecule has 1 amide bonds. The summed E-state index contributed by atoms with van der Waals surface area (Å²) >= 11 is 0. The smallest absolute Gasteiger partial charge is 0.259 e. The van der Waals surface area contributed by atoms with Crippen LogP contribution in [0.25, 0.3) is 0 Å². The fourth-order valence-electron chi connectivity index (χ4n) is 2.35. The maximum Gasteiger partial charge on any atom is 0.259 e. The van der Waals surface area contributed by atoms with E-state index in [9.17, 15) is 4.79 Å². The van der Waals surface area contributed by atoms with E-state index >= 15 is 0 Å². The highest BCUT2D eigenvalue weighted by molar-refractivity contribution is 6.07. The average Bonchev–Trinajstić information content (AvgIpc) is 2.95. The topological polar surface area (TPSA) is 91.4 Å². The maximum absolute atomic E-state index is 12.4. The summed E-state index contributed by atoms with van der Waals surface area (Å²) in [6.07, 6.45) is 0. The third kappa shape index (κ3) is 2.16. The van der Waals surface area contributed by atoms with Crippen molar-refractivity contribution in [3.63, 3.8) is 0 Å². The molecule has 7 heteroatoms. The van der Waals surface area contributed by atoms with Crippen LogP contribution in [0.1, 0.15) is 21.7 Å². The van der Waals surface area contributed by atoms with E-state index in [0.29, 0.717) is 34.1 Å².